The van der Waals surface area contributed by atoms with Gasteiger partial charge in [-0.05, 0) is 41.0 Å². The molecule has 0 aliphatic carbocycles. The molecule has 4 rings (SSSR count). The summed E-state index contributed by atoms with van der Waals surface area (Å²) in [6.45, 7) is -0.412. The number of halogens is 1. The maximum atomic E-state index is 13.3. The number of nitrogen functional groups attached to an aromatic ring is 1. The monoisotopic (exact) mass is 482 g/mol. The van der Waals surface area contributed by atoms with E-state index in [9.17, 15) is 8.96 Å². The van der Waals surface area contributed by atoms with E-state index < -0.39 is 14.6 Å². The van der Waals surface area contributed by atoms with Gasteiger partial charge in [0.2, 0.25) is 6.73 Å². The number of phosphoric ester groups is 1. The SMILES string of the molecule is Nc1c(-c2cc(Cc3ccc(C=Cc4cccc(F)c4)cc3)no2)ccc[n+]1COP(=O)(O)O. The van der Waals surface area contributed by atoms with Gasteiger partial charge >= 0.3 is 7.82 Å². The van der Waals surface area contributed by atoms with Gasteiger partial charge in [0, 0.05) is 12.5 Å². The zero-order valence-electron chi connectivity index (χ0n) is 17.9. The molecule has 4 N–H and O–H groups in total. The van der Waals surface area contributed by atoms with Crippen LogP contribution in [-0.4, -0.2) is 14.9 Å². The van der Waals surface area contributed by atoms with Gasteiger partial charge in [0.1, 0.15) is 11.4 Å². The van der Waals surface area contributed by atoms with Crippen LogP contribution in [-0.2, 0) is 22.2 Å². The van der Waals surface area contributed by atoms with Crippen LogP contribution >= 0.6 is 7.82 Å². The van der Waals surface area contributed by atoms with E-state index in [1.54, 1.807) is 24.3 Å². The highest BCUT2D eigenvalue weighted by Crippen LogP contribution is 2.35. The third-order valence-electron chi connectivity index (χ3n) is 4.99. The Kier molecular flexibility index (Phi) is 7.00. The van der Waals surface area contributed by atoms with Gasteiger partial charge in [-0.2, -0.15) is 0 Å². The number of hydrogen-bond donors (Lipinski definition) is 3. The largest absolute Gasteiger partial charge is 0.472 e. The first-order valence-corrected chi connectivity index (χ1v) is 11.8. The van der Waals surface area contributed by atoms with Crippen molar-refractivity contribution in [3.63, 3.8) is 0 Å². The standard InChI is InChI=1S/C24H21FN3O5P/c25-20-4-1-3-18(13-20)9-6-17-7-10-19(11-8-17)14-21-15-23(33-27-21)22-5-2-12-28(24(22)26)16-32-34(29,30)31/h1-13,15,26H,14,16H2,(H2,29,30,31)/p+1. The molecule has 174 valence electrons. The van der Waals surface area contributed by atoms with Gasteiger partial charge in [0.15, 0.2) is 5.76 Å². The maximum absolute atomic E-state index is 13.3. The molecule has 0 aliphatic rings. The summed E-state index contributed by atoms with van der Waals surface area (Å²) in [6, 6.07) is 19.4. The van der Waals surface area contributed by atoms with Crippen LogP contribution in [0, 0.1) is 5.82 Å². The summed E-state index contributed by atoms with van der Waals surface area (Å²) in [5.74, 6) is 0.367. The smallest absolute Gasteiger partial charge is 0.356 e. The lowest BCUT2D eigenvalue weighted by Gasteiger charge is -2.07. The predicted molar refractivity (Wildman–Crippen MR) is 124 cm³/mol. The molecule has 0 atom stereocenters. The van der Waals surface area contributed by atoms with Crippen molar-refractivity contribution in [1.29, 1.82) is 0 Å². The van der Waals surface area contributed by atoms with Crippen LogP contribution in [0.4, 0.5) is 10.2 Å². The molecule has 2 aromatic heterocycles. The van der Waals surface area contributed by atoms with E-state index in [-0.39, 0.29) is 11.6 Å². The van der Waals surface area contributed by atoms with Gasteiger partial charge in [0.25, 0.3) is 5.82 Å². The Morgan fingerprint density at radius 3 is 2.56 bits per heavy atom. The Bertz CT molecular complexity index is 1370. The molecule has 0 saturated heterocycles. The fourth-order valence-electron chi connectivity index (χ4n) is 3.30. The van der Waals surface area contributed by atoms with E-state index in [0.29, 0.717) is 23.4 Å². The van der Waals surface area contributed by atoms with Crippen molar-refractivity contribution in [3.05, 3.63) is 101 Å². The molecule has 0 aliphatic heterocycles. The normalized spacial score (nSPS) is 11.9. The highest BCUT2D eigenvalue weighted by Gasteiger charge is 2.20. The lowest BCUT2D eigenvalue weighted by Crippen LogP contribution is -2.38. The first-order chi connectivity index (χ1) is 16.3. The molecule has 0 radical (unpaired) electrons. The molecule has 0 amide bonds. The molecule has 0 bridgehead atoms. The van der Waals surface area contributed by atoms with Crippen LogP contribution in [0.5, 0.6) is 0 Å². The second kappa shape index (κ2) is 10.1. The number of hydrogen-bond acceptors (Lipinski definition) is 5. The van der Waals surface area contributed by atoms with Crippen LogP contribution in [0.3, 0.4) is 0 Å². The second-order valence-electron chi connectivity index (χ2n) is 7.51. The molecule has 0 saturated carbocycles. The predicted octanol–water partition coefficient (Wildman–Crippen LogP) is 4.18. The summed E-state index contributed by atoms with van der Waals surface area (Å²) >= 11 is 0. The third kappa shape index (κ3) is 6.24. The number of pyridine rings is 1. The van der Waals surface area contributed by atoms with E-state index in [2.05, 4.69) is 9.68 Å². The van der Waals surface area contributed by atoms with Crippen molar-refractivity contribution in [2.24, 2.45) is 0 Å². The summed E-state index contributed by atoms with van der Waals surface area (Å²) in [4.78, 5) is 17.8. The van der Waals surface area contributed by atoms with Gasteiger partial charge in [0.05, 0.1) is 11.9 Å². The molecular formula is C24H22FN3O5P+. The van der Waals surface area contributed by atoms with Crippen molar-refractivity contribution in [2.45, 2.75) is 13.2 Å². The fraction of sp³-hybridized carbons (Fsp3) is 0.0833. The molecule has 0 fully saturated rings. The van der Waals surface area contributed by atoms with Crippen LogP contribution in [0.1, 0.15) is 22.4 Å². The fourth-order valence-corrected chi connectivity index (χ4v) is 3.58. The Morgan fingerprint density at radius 1 is 1.06 bits per heavy atom. The molecule has 10 heteroatoms. The quantitative estimate of drug-likeness (QED) is 0.196. The third-order valence-corrected chi connectivity index (χ3v) is 5.44. The summed E-state index contributed by atoms with van der Waals surface area (Å²) in [5.41, 5.74) is 10.1. The van der Waals surface area contributed by atoms with E-state index in [1.165, 1.54) is 22.9 Å². The Labute approximate surface area is 195 Å². The van der Waals surface area contributed by atoms with E-state index in [1.807, 2.05) is 42.5 Å². The summed E-state index contributed by atoms with van der Waals surface area (Å²) in [7, 11) is -4.63. The van der Waals surface area contributed by atoms with Gasteiger partial charge in [-0.3, -0.25) is 5.73 Å². The topological polar surface area (TPSA) is 123 Å². The Morgan fingerprint density at radius 2 is 1.82 bits per heavy atom. The molecule has 34 heavy (non-hydrogen) atoms. The highest BCUT2D eigenvalue weighted by atomic mass is 31.2. The van der Waals surface area contributed by atoms with Gasteiger partial charge in [-0.15, -0.1) is 0 Å². The van der Waals surface area contributed by atoms with E-state index >= 15 is 0 Å². The highest BCUT2D eigenvalue weighted by molar-refractivity contribution is 7.46. The van der Waals surface area contributed by atoms with Gasteiger partial charge in [-0.1, -0.05) is 53.7 Å². The Balaban J connectivity index is 1.44. The maximum Gasteiger partial charge on any atom is 0.472 e. The first-order valence-electron chi connectivity index (χ1n) is 10.2. The number of rotatable bonds is 8. The number of nitrogens with two attached hydrogens (primary N) is 1. The molecule has 4 aromatic rings. The number of benzene rings is 2. The molecule has 0 spiro atoms. The van der Waals surface area contributed by atoms with Gasteiger partial charge < -0.3 is 14.3 Å². The molecular weight excluding hydrogens is 460 g/mol. The van der Waals surface area contributed by atoms with Crippen molar-refractivity contribution >= 4 is 25.8 Å². The van der Waals surface area contributed by atoms with Crippen LogP contribution in [0.15, 0.2) is 77.4 Å². The van der Waals surface area contributed by atoms with E-state index in [4.69, 9.17) is 20.0 Å². The Hall–Kier alpha value is -3.62. The summed E-state index contributed by atoms with van der Waals surface area (Å²) in [5, 5.41) is 4.11. The molecule has 8 nitrogen and oxygen atoms in total. The zero-order chi connectivity index (χ0) is 24.1. The van der Waals surface area contributed by atoms with Crippen LogP contribution in [0.2, 0.25) is 0 Å². The minimum atomic E-state index is -4.63. The molecule has 2 aromatic carbocycles. The van der Waals surface area contributed by atoms with Crippen molar-refractivity contribution < 1.29 is 32.4 Å². The second-order valence-corrected chi connectivity index (χ2v) is 8.75. The molecule has 0 unspecified atom stereocenters. The van der Waals surface area contributed by atoms with Gasteiger partial charge in [-0.25, -0.2) is 18.0 Å². The summed E-state index contributed by atoms with van der Waals surface area (Å²) < 4.78 is 35.6. The van der Waals surface area contributed by atoms with Crippen molar-refractivity contribution in [1.82, 2.24) is 5.16 Å². The lowest BCUT2D eigenvalue weighted by molar-refractivity contribution is -0.711. The minimum absolute atomic E-state index is 0.216. The van der Waals surface area contributed by atoms with Crippen LogP contribution < -0.4 is 10.3 Å². The number of anilines is 1. The van der Waals surface area contributed by atoms with Crippen molar-refractivity contribution in [3.8, 4) is 11.3 Å². The number of nitrogens with zero attached hydrogens (tertiary/aromatic N) is 2. The average Bonchev–Trinajstić information content (AvgIpc) is 3.25. The lowest BCUT2D eigenvalue weighted by atomic mass is 10.1. The van der Waals surface area contributed by atoms with Crippen LogP contribution in [0.25, 0.3) is 23.5 Å². The summed E-state index contributed by atoms with van der Waals surface area (Å²) in [6.07, 6.45) is 5.83. The zero-order valence-corrected chi connectivity index (χ0v) is 18.8. The number of aromatic nitrogens is 2. The first kappa shape index (κ1) is 23.5. The van der Waals surface area contributed by atoms with Crippen molar-refractivity contribution in [2.75, 3.05) is 5.73 Å². The minimum Gasteiger partial charge on any atom is -0.356 e. The molecule has 2 heterocycles. The number of phosphoric acid groups is 1. The van der Waals surface area contributed by atoms with E-state index in [0.717, 1.165) is 16.7 Å². The average molecular weight is 482 g/mol.